The number of oxime groups is 1. The Morgan fingerprint density at radius 2 is 2.07 bits per heavy atom. The normalized spacial score (nSPS) is 10.8. The van der Waals surface area contributed by atoms with Crippen LogP contribution in [0, 0.1) is 0 Å². The van der Waals surface area contributed by atoms with Gasteiger partial charge in [0, 0.05) is 6.21 Å². The maximum atomic E-state index is 5.19. The quantitative estimate of drug-likeness (QED) is 0.514. The van der Waals surface area contributed by atoms with E-state index in [1.807, 2.05) is 6.21 Å². The second-order valence-electron chi connectivity index (χ2n) is 3.52. The van der Waals surface area contributed by atoms with E-state index in [9.17, 15) is 0 Å². The molecule has 0 spiro atoms. The molecule has 0 aliphatic heterocycles. The first-order chi connectivity index (χ1) is 7.36. The van der Waals surface area contributed by atoms with Crippen LogP contribution >= 0.6 is 0 Å². The lowest BCUT2D eigenvalue weighted by Gasteiger charge is -2.02. The highest BCUT2D eigenvalue weighted by Gasteiger charge is 1.94. The lowest BCUT2D eigenvalue weighted by molar-refractivity contribution is 0.131. The summed E-state index contributed by atoms with van der Waals surface area (Å²) in [6.45, 7) is 4.84. The van der Waals surface area contributed by atoms with E-state index in [1.165, 1.54) is 11.1 Å². The highest BCUT2D eigenvalue weighted by atomic mass is 16.6. The molecule has 1 aromatic rings. The number of benzene rings is 1. The minimum atomic E-state index is 0.564. The number of hydrogen-bond donors (Lipinski definition) is 0. The first-order valence-corrected chi connectivity index (χ1v) is 5.58. The van der Waals surface area contributed by atoms with Crippen molar-refractivity contribution < 1.29 is 4.84 Å². The van der Waals surface area contributed by atoms with E-state index in [-0.39, 0.29) is 0 Å². The number of aryl methyl sites for hydroxylation is 1. The van der Waals surface area contributed by atoms with Crippen molar-refractivity contribution in [1.82, 2.24) is 0 Å². The molecule has 15 heavy (non-hydrogen) atoms. The van der Waals surface area contributed by atoms with E-state index in [1.54, 1.807) is 0 Å². The van der Waals surface area contributed by atoms with Crippen LogP contribution in [0.3, 0.4) is 0 Å². The van der Waals surface area contributed by atoms with Gasteiger partial charge in [0.25, 0.3) is 0 Å². The third-order valence-electron chi connectivity index (χ3n) is 2.20. The summed E-state index contributed by atoms with van der Waals surface area (Å²) in [6.07, 6.45) is 4.98. The molecule has 82 valence electrons. The van der Waals surface area contributed by atoms with Gasteiger partial charge in [-0.25, -0.2) is 0 Å². The average molecular weight is 205 g/mol. The lowest BCUT2D eigenvalue weighted by Crippen LogP contribution is -1.89. The molecule has 0 unspecified atom stereocenters. The predicted molar refractivity (Wildman–Crippen MR) is 64.0 cm³/mol. The van der Waals surface area contributed by atoms with Crippen molar-refractivity contribution in [3.8, 4) is 0 Å². The second-order valence-corrected chi connectivity index (χ2v) is 3.52. The molecule has 0 saturated carbocycles. The molecule has 0 aliphatic rings. The highest BCUT2D eigenvalue weighted by Crippen LogP contribution is 2.07. The van der Waals surface area contributed by atoms with Crippen LogP contribution in [0.1, 0.15) is 37.8 Å². The number of nitrogens with zero attached hydrogens (tertiary/aromatic N) is 1. The summed E-state index contributed by atoms with van der Waals surface area (Å²) >= 11 is 0. The van der Waals surface area contributed by atoms with Crippen LogP contribution in [0.4, 0.5) is 0 Å². The van der Waals surface area contributed by atoms with Gasteiger partial charge in [0.2, 0.25) is 0 Å². The molecule has 2 nitrogen and oxygen atoms in total. The van der Waals surface area contributed by atoms with E-state index in [0.29, 0.717) is 6.61 Å². The van der Waals surface area contributed by atoms with Gasteiger partial charge < -0.3 is 4.84 Å². The van der Waals surface area contributed by atoms with Crippen molar-refractivity contribution in [2.24, 2.45) is 5.16 Å². The lowest BCUT2D eigenvalue weighted by atomic mass is 10.1. The maximum absolute atomic E-state index is 5.19. The summed E-state index contributed by atoms with van der Waals surface area (Å²) in [5, 5.41) is 3.89. The van der Waals surface area contributed by atoms with E-state index >= 15 is 0 Å². The summed E-state index contributed by atoms with van der Waals surface area (Å²) in [7, 11) is 0. The van der Waals surface area contributed by atoms with Crippen molar-refractivity contribution in [2.45, 2.75) is 39.7 Å². The summed E-state index contributed by atoms with van der Waals surface area (Å²) in [5.41, 5.74) is 2.52. The van der Waals surface area contributed by atoms with Gasteiger partial charge in [0.1, 0.15) is 6.61 Å². The summed E-state index contributed by atoms with van der Waals surface area (Å²) in [4.78, 5) is 5.19. The van der Waals surface area contributed by atoms with E-state index < -0.39 is 0 Å². The fourth-order valence-corrected chi connectivity index (χ4v) is 1.29. The minimum Gasteiger partial charge on any atom is -0.391 e. The van der Waals surface area contributed by atoms with Crippen LogP contribution in [0.15, 0.2) is 29.4 Å². The molecular formula is C13H19NO. The molecule has 2 heteroatoms. The van der Waals surface area contributed by atoms with Crippen LogP contribution in [0.2, 0.25) is 0 Å². The maximum Gasteiger partial charge on any atom is 0.142 e. The fraction of sp³-hybridized carbons (Fsp3) is 0.462. The number of hydrogen-bond acceptors (Lipinski definition) is 2. The van der Waals surface area contributed by atoms with Gasteiger partial charge in [0.15, 0.2) is 0 Å². The minimum absolute atomic E-state index is 0.564. The van der Waals surface area contributed by atoms with Crippen LogP contribution < -0.4 is 0 Å². The summed E-state index contributed by atoms with van der Waals surface area (Å²) < 4.78 is 0. The molecule has 0 atom stereocenters. The first-order valence-electron chi connectivity index (χ1n) is 5.58. The van der Waals surface area contributed by atoms with Crippen LogP contribution in [0.5, 0.6) is 0 Å². The van der Waals surface area contributed by atoms with Gasteiger partial charge in [-0.1, -0.05) is 49.7 Å². The Labute approximate surface area is 91.9 Å². The Balaban J connectivity index is 2.36. The molecule has 0 bridgehead atoms. The van der Waals surface area contributed by atoms with Crippen molar-refractivity contribution in [1.29, 1.82) is 0 Å². The van der Waals surface area contributed by atoms with Crippen molar-refractivity contribution >= 4 is 6.21 Å². The zero-order valence-electron chi connectivity index (χ0n) is 9.57. The molecule has 0 radical (unpaired) electrons. The van der Waals surface area contributed by atoms with Gasteiger partial charge in [-0.3, -0.25) is 0 Å². The third-order valence-corrected chi connectivity index (χ3v) is 2.20. The largest absolute Gasteiger partial charge is 0.391 e. The molecule has 0 aromatic heterocycles. The van der Waals surface area contributed by atoms with Crippen molar-refractivity contribution in [3.05, 3.63) is 35.4 Å². The van der Waals surface area contributed by atoms with Crippen LogP contribution in [0.25, 0.3) is 0 Å². The van der Waals surface area contributed by atoms with Gasteiger partial charge in [0.05, 0.1) is 0 Å². The molecule has 0 saturated heterocycles. The molecule has 0 N–H and O–H groups in total. The summed E-state index contributed by atoms with van der Waals surface area (Å²) in [5.74, 6) is 0. The third kappa shape index (κ3) is 4.63. The predicted octanol–water partition coefficient (Wildman–Crippen LogP) is 3.55. The Kier molecular flexibility index (Phi) is 5.52. The smallest absolute Gasteiger partial charge is 0.142 e. The Bertz CT molecular complexity index is 307. The molecule has 0 heterocycles. The Hall–Kier alpha value is -1.31. The van der Waals surface area contributed by atoms with E-state index in [2.05, 4.69) is 43.3 Å². The number of unbranched alkanes of at least 4 members (excludes halogenated alkanes) is 1. The molecule has 0 amide bonds. The van der Waals surface area contributed by atoms with Gasteiger partial charge in [-0.05, 0) is 24.0 Å². The van der Waals surface area contributed by atoms with E-state index in [0.717, 1.165) is 19.3 Å². The van der Waals surface area contributed by atoms with E-state index in [4.69, 9.17) is 4.84 Å². The zero-order valence-corrected chi connectivity index (χ0v) is 9.57. The zero-order chi connectivity index (χ0) is 10.9. The summed E-state index contributed by atoms with van der Waals surface area (Å²) in [6, 6.07) is 8.42. The van der Waals surface area contributed by atoms with Crippen LogP contribution in [-0.4, -0.2) is 6.21 Å². The average Bonchev–Trinajstić information content (AvgIpc) is 2.29. The second kappa shape index (κ2) is 7.04. The van der Waals surface area contributed by atoms with Crippen molar-refractivity contribution in [2.75, 3.05) is 0 Å². The highest BCUT2D eigenvalue weighted by molar-refractivity contribution is 5.55. The van der Waals surface area contributed by atoms with Crippen LogP contribution in [-0.2, 0) is 17.9 Å². The number of rotatable bonds is 6. The molecular weight excluding hydrogens is 186 g/mol. The van der Waals surface area contributed by atoms with Gasteiger partial charge in [-0.15, -0.1) is 0 Å². The first kappa shape index (κ1) is 11.8. The van der Waals surface area contributed by atoms with Crippen molar-refractivity contribution in [3.63, 3.8) is 0 Å². The SMILES string of the molecule is CCCC=NOCc1cccc(CC)c1. The standard InChI is InChI=1S/C13H19NO/c1-3-5-9-14-15-11-13-8-6-7-12(4-2)10-13/h6-10H,3-5,11H2,1-2H3. The van der Waals surface area contributed by atoms with Gasteiger partial charge >= 0.3 is 0 Å². The molecule has 1 rings (SSSR count). The van der Waals surface area contributed by atoms with Gasteiger partial charge in [-0.2, -0.15) is 0 Å². The topological polar surface area (TPSA) is 21.6 Å². The molecule has 0 aliphatic carbocycles. The fourth-order valence-electron chi connectivity index (χ4n) is 1.29. The Morgan fingerprint density at radius 1 is 1.27 bits per heavy atom. The molecule has 0 fully saturated rings. The monoisotopic (exact) mass is 205 g/mol. The Morgan fingerprint density at radius 3 is 2.80 bits per heavy atom. The molecule has 1 aromatic carbocycles.